The van der Waals surface area contributed by atoms with E-state index in [1.165, 1.54) is 16.7 Å². The van der Waals surface area contributed by atoms with Crippen molar-refractivity contribution >= 4 is 6.08 Å². The summed E-state index contributed by atoms with van der Waals surface area (Å²) in [7, 11) is 1.76. The lowest BCUT2D eigenvalue weighted by molar-refractivity contribution is 0.198. The molecule has 0 saturated heterocycles. The van der Waals surface area contributed by atoms with Gasteiger partial charge in [-0.2, -0.15) is 0 Å². The monoisotopic (exact) mass is 279 g/mol. The number of hydrogen-bond acceptors (Lipinski definition) is 2. The molecule has 1 unspecified atom stereocenters. The number of rotatable bonds is 3. The van der Waals surface area contributed by atoms with E-state index >= 15 is 0 Å². The van der Waals surface area contributed by atoms with Crippen molar-refractivity contribution in [2.45, 2.75) is 13.0 Å². The number of hydrogen-bond donors (Lipinski definition) is 0. The van der Waals surface area contributed by atoms with Gasteiger partial charge in [0.05, 0.1) is 19.7 Å². The van der Waals surface area contributed by atoms with E-state index in [0.717, 1.165) is 18.8 Å². The molecule has 0 fully saturated rings. The van der Waals surface area contributed by atoms with E-state index in [1.807, 2.05) is 0 Å². The predicted octanol–water partition coefficient (Wildman–Crippen LogP) is 4.10. The summed E-state index contributed by atoms with van der Waals surface area (Å²) in [5.74, 6) is 1.02. The number of ether oxygens (including phenoxy) is 1. The van der Waals surface area contributed by atoms with Crippen LogP contribution in [-0.4, -0.2) is 25.1 Å². The molecule has 2 aromatic carbocycles. The van der Waals surface area contributed by atoms with Crippen molar-refractivity contribution in [1.82, 2.24) is 4.90 Å². The van der Waals surface area contributed by atoms with Crippen molar-refractivity contribution in [2.24, 2.45) is 0 Å². The molecule has 0 radical (unpaired) electrons. The summed E-state index contributed by atoms with van der Waals surface area (Å²) in [6.07, 6.45) is 2.17. The normalized spacial score (nSPS) is 18.6. The number of fused-ring (bicyclic) bond motifs is 1. The van der Waals surface area contributed by atoms with E-state index < -0.39 is 0 Å². The van der Waals surface area contributed by atoms with Gasteiger partial charge in [0.2, 0.25) is 0 Å². The number of likely N-dealkylation sites (N-methyl/N-ethyl adjacent to an activating group) is 1. The van der Waals surface area contributed by atoms with Gasteiger partial charge in [-0.25, -0.2) is 0 Å². The smallest absolute Gasteiger partial charge is 0.110 e. The summed E-state index contributed by atoms with van der Waals surface area (Å²) >= 11 is 0. The van der Waals surface area contributed by atoms with E-state index in [0.29, 0.717) is 0 Å². The van der Waals surface area contributed by atoms with Gasteiger partial charge in [-0.3, -0.25) is 4.90 Å². The molecule has 108 valence electrons. The number of methoxy groups -OCH3 is 1. The minimum absolute atomic E-state index is 0.274. The molecule has 2 aromatic rings. The van der Waals surface area contributed by atoms with Gasteiger partial charge in [0.1, 0.15) is 5.76 Å². The Morgan fingerprint density at radius 3 is 2.48 bits per heavy atom. The van der Waals surface area contributed by atoms with Crippen LogP contribution in [0.2, 0.25) is 0 Å². The van der Waals surface area contributed by atoms with Gasteiger partial charge < -0.3 is 4.74 Å². The molecule has 1 atom stereocenters. The molecule has 0 spiro atoms. The molecule has 0 bridgehead atoms. The Morgan fingerprint density at radius 2 is 1.76 bits per heavy atom. The van der Waals surface area contributed by atoms with Crippen LogP contribution in [0.3, 0.4) is 0 Å². The van der Waals surface area contributed by atoms with Crippen LogP contribution in [0.4, 0.5) is 0 Å². The fourth-order valence-corrected chi connectivity index (χ4v) is 3.04. The Hall–Kier alpha value is -2.06. The van der Waals surface area contributed by atoms with Gasteiger partial charge in [-0.15, -0.1) is 0 Å². The van der Waals surface area contributed by atoms with E-state index in [9.17, 15) is 0 Å². The van der Waals surface area contributed by atoms with Crippen LogP contribution >= 0.6 is 0 Å². The topological polar surface area (TPSA) is 12.5 Å². The molecule has 2 heteroatoms. The first-order chi connectivity index (χ1) is 10.3. The molecule has 1 heterocycles. The molecular weight excluding hydrogens is 258 g/mol. The molecule has 0 aliphatic carbocycles. The lowest BCUT2D eigenvalue weighted by Crippen LogP contribution is -2.30. The minimum atomic E-state index is 0.274. The van der Waals surface area contributed by atoms with Crippen LogP contribution in [0.5, 0.6) is 0 Å². The molecule has 0 aromatic heterocycles. The maximum absolute atomic E-state index is 5.56. The maximum atomic E-state index is 5.56. The Labute approximate surface area is 126 Å². The SMILES string of the molecule is CCN1CC(OC)=Cc2ccccc2C1c1ccccc1. The highest BCUT2D eigenvalue weighted by Crippen LogP contribution is 2.34. The van der Waals surface area contributed by atoms with E-state index in [1.54, 1.807) is 7.11 Å². The second kappa shape index (κ2) is 6.15. The first-order valence-electron chi connectivity index (χ1n) is 7.46. The van der Waals surface area contributed by atoms with Crippen molar-refractivity contribution in [2.75, 3.05) is 20.2 Å². The zero-order valence-electron chi connectivity index (χ0n) is 12.6. The van der Waals surface area contributed by atoms with Crippen molar-refractivity contribution in [3.8, 4) is 0 Å². The first-order valence-corrected chi connectivity index (χ1v) is 7.46. The summed E-state index contributed by atoms with van der Waals surface area (Å²) in [6, 6.07) is 19.6. The largest absolute Gasteiger partial charge is 0.500 e. The minimum Gasteiger partial charge on any atom is -0.500 e. The third-order valence-electron chi connectivity index (χ3n) is 4.11. The number of nitrogens with zero attached hydrogens (tertiary/aromatic N) is 1. The Morgan fingerprint density at radius 1 is 1.05 bits per heavy atom. The zero-order chi connectivity index (χ0) is 14.7. The van der Waals surface area contributed by atoms with Gasteiger partial charge in [0.25, 0.3) is 0 Å². The van der Waals surface area contributed by atoms with Crippen LogP contribution in [0.15, 0.2) is 60.4 Å². The number of benzene rings is 2. The van der Waals surface area contributed by atoms with E-state index in [2.05, 4.69) is 72.5 Å². The lowest BCUT2D eigenvalue weighted by atomic mass is 9.94. The second-order valence-electron chi connectivity index (χ2n) is 5.32. The summed E-state index contributed by atoms with van der Waals surface area (Å²) < 4.78 is 5.56. The van der Waals surface area contributed by atoms with Crippen molar-refractivity contribution in [3.63, 3.8) is 0 Å². The fraction of sp³-hybridized carbons (Fsp3) is 0.263. The van der Waals surface area contributed by atoms with Crippen molar-refractivity contribution in [1.29, 1.82) is 0 Å². The van der Waals surface area contributed by atoms with Crippen molar-refractivity contribution < 1.29 is 4.74 Å². The highest BCUT2D eigenvalue weighted by molar-refractivity contribution is 5.59. The molecular formula is C19H21NO. The molecule has 3 rings (SSSR count). The summed E-state index contributed by atoms with van der Waals surface area (Å²) in [5, 5.41) is 0. The quantitative estimate of drug-likeness (QED) is 0.838. The lowest BCUT2D eigenvalue weighted by Gasteiger charge is -2.30. The van der Waals surface area contributed by atoms with Gasteiger partial charge in [0.15, 0.2) is 0 Å². The van der Waals surface area contributed by atoms with Gasteiger partial charge in [-0.1, -0.05) is 61.5 Å². The fourth-order valence-electron chi connectivity index (χ4n) is 3.04. The van der Waals surface area contributed by atoms with Crippen molar-refractivity contribution in [3.05, 3.63) is 77.0 Å². The average Bonchev–Trinajstić information content (AvgIpc) is 2.71. The Bertz CT molecular complexity index is 633. The molecule has 1 aliphatic rings. The maximum Gasteiger partial charge on any atom is 0.110 e. The van der Waals surface area contributed by atoms with Crippen LogP contribution < -0.4 is 0 Å². The molecule has 1 aliphatic heterocycles. The molecule has 2 nitrogen and oxygen atoms in total. The third kappa shape index (κ3) is 2.72. The van der Waals surface area contributed by atoms with Gasteiger partial charge >= 0.3 is 0 Å². The third-order valence-corrected chi connectivity index (χ3v) is 4.11. The van der Waals surface area contributed by atoms with Crippen LogP contribution in [0.1, 0.15) is 29.7 Å². The second-order valence-corrected chi connectivity index (χ2v) is 5.32. The van der Waals surface area contributed by atoms with Crippen LogP contribution in [0, 0.1) is 0 Å². The Kier molecular flexibility index (Phi) is 4.07. The van der Waals surface area contributed by atoms with Gasteiger partial charge in [-0.05, 0) is 29.3 Å². The summed E-state index contributed by atoms with van der Waals surface area (Å²) in [6.45, 7) is 4.02. The van der Waals surface area contributed by atoms with Gasteiger partial charge in [0, 0.05) is 0 Å². The molecule has 0 amide bonds. The van der Waals surface area contributed by atoms with E-state index in [-0.39, 0.29) is 6.04 Å². The van der Waals surface area contributed by atoms with E-state index in [4.69, 9.17) is 4.74 Å². The highest BCUT2D eigenvalue weighted by Gasteiger charge is 2.26. The zero-order valence-corrected chi connectivity index (χ0v) is 12.6. The standard InChI is InChI=1S/C19H21NO/c1-3-20-14-17(21-2)13-16-11-7-8-12-18(16)19(20)15-9-5-4-6-10-15/h4-13,19H,3,14H2,1-2H3. The molecule has 0 N–H and O–H groups in total. The Balaban J connectivity index is 2.15. The highest BCUT2D eigenvalue weighted by atomic mass is 16.5. The average molecular weight is 279 g/mol. The summed E-state index contributed by atoms with van der Waals surface area (Å²) in [4.78, 5) is 2.45. The predicted molar refractivity (Wildman–Crippen MR) is 87.0 cm³/mol. The van der Waals surface area contributed by atoms with Crippen LogP contribution in [-0.2, 0) is 4.74 Å². The molecule has 21 heavy (non-hydrogen) atoms. The summed E-state index contributed by atoms with van der Waals surface area (Å²) in [5.41, 5.74) is 3.93. The molecule has 0 saturated carbocycles. The van der Waals surface area contributed by atoms with Crippen LogP contribution in [0.25, 0.3) is 6.08 Å². The first kappa shape index (κ1) is 13.9.